The lowest BCUT2D eigenvalue weighted by Gasteiger charge is -2.37. The Balaban J connectivity index is 2.03. The Morgan fingerprint density at radius 3 is 3.06 bits per heavy atom. The summed E-state index contributed by atoms with van der Waals surface area (Å²) in [5.41, 5.74) is 6.72. The highest BCUT2D eigenvalue weighted by atomic mass is 32.1. The highest BCUT2D eigenvalue weighted by Crippen LogP contribution is 2.20. The number of aromatic nitrogens is 2. The van der Waals surface area contributed by atoms with Crippen molar-refractivity contribution >= 4 is 16.5 Å². The van der Waals surface area contributed by atoms with E-state index in [1.165, 1.54) is 11.5 Å². The minimum atomic E-state index is 0.288. The average Bonchev–Trinajstić information content (AvgIpc) is 2.65. The second kappa shape index (κ2) is 5.07. The smallest absolute Gasteiger partial charge is 0.132 e. The zero-order valence-corrected chi connectivity index (χ0v) is 10.5. The first-order valence-corrected chi connectivity index (χ1v) is 6.40. The number of nitrogens with two attached hydrogens (primary N) is 1. The highest BCUT2D eigenvalue weighted by molar-refractivity contribution is 7.09. The standard InChI is InChI=1S/C10H18N4OS/c1-3-8-6-15-7(2)4-14(8)5-9-10(11)16-13-12-9/h7-8H,3-6,11H2,1-2H3. The Morgan fingerprint density at radius 2 is 2.44 bits per heavy atom. The van der Waals surface area contributed by atoms with Gasteiger partial charge in [0.1, 0.15) is 10.7 Å². The second-order valence-electron chi connectivity index (χ2n) is 4.22. The van der Waals surface area contributed by atoms with Gasteiger partial charge in [0.05, 0.1) is 12.7 Å². The molecule has 1 aliphatic rings. The molecule has 2 unspecified atom stereocenters. The molecule has 0 radical (unpaired) electrons. The van der Waals surface area contributed by atoms with E-state index >= 15 is 0 Å². The van der Waals surface area contributed by atoms with Crippen LogP contribution < -0.4 is 5.73 Å². The molecule has 2 N–H and O–H groups in total. The van der Waals surface area contributed by atoms with E-state index in [1.54, 1.807) is 0 Å². The molecule has 90 valence electrons. The summed E-state index contributed by atoms with van der Waals surface area (Å²) in [5.74, 6) is 0. The van der Waals surface area contributed by atoms with Crippen molar-refractivity contribution in [3.8, 4) is 0 Å². The number of nitrogen functional groups attached to an aromatic ring is 1. The molecule has 0 saturated carbocycles. The molecule has 16 heavy (non-hydrogen) atoms. The number of hydrogen-bond donors (Lipinski definition) is 1. The lowest BCUT2D eigenvalue weighted by molar-refractivity contribution is -0.0595. The molecule has 0 bridgehead atoms. The molecular weight excluding hydrogens is 224 g/mol. The fraction of sp³-hybridized carbons (Fsp3) is 0.800. The van der Waals surface area contributed by atoms with Gasteiger partial charge in [-0.3, -0.25) is 4.90 Å². The van der Waals surface area contributed by atoms with Gasteiger partial charge in [0.25, 0.3) is 0 Å². The van der Waals surface area contributed by atoms with Crippen LogP contribution in [0.2, 0.25) is 0 Å². The molecule has 0 amide bonds. The zero-order valence-electron chi connectivity index (χ0n) is 9.72. The Labute approximate surface area is 99.7 Å². The van der Waals surface area contributed by atoms with Gasteiger partial charge in [0.15, 0.2) is 0 Å². The maximum Gasteiger partial charge on any atom is 0.132 e. The molecular formula is C10H18N4OS. The molecule has 1 aromatic heterocycles. The SMILES string of the molecule is CCC1COC(C)CN1Cc1nnsc1N. The van der Waals surface area contributed by atoms with Crippen molar-refractivity contribution in [2.24, 2.45) is 0 Å². The summed E-state index contributed by atoms with van der Waals surface area (Å²) in [6, 6.07) is 0.470. The largest absolute Gasteiger partial charge is 0.388 e. The molecule has 2 rings (SSSR count). The van der Waals surface area contributed by atoms with Gasteiger partial charge < -0.3 is 10.5 Å². The minimum absolute atomic E-state index is 0.288. The number of ether oxygens (including phenoxy) is 1. The highest BCUT2D eigenvalue weighted by Gasteiger charge is 2.26. The van der Waals surface area contributed by atoms with E-state index in [0.717, 1.165) is 36.8 Å². The zero-order chi connectivity index (χ0) is 11.5. The normalized spacial score (nSPS) is 27.1. The van der Waals surface area contributed by atoms with Gasteiger partial charge in [0, 0.05) is 30.7 Å². The Kier molecular flexibility index (Phi) is 3.73. The van der Waals surface area contributed by atoms with Crippen LogP contribution in [-0.4, -0.2) is 39.8 Å². The van der Waals surface area contributed by atoms with Crippen LogP contribution in [0, 0.1) is 0 Å². The van der Waals surface area contributed by atoms with E-state index in [2.05, 4.69) is 28.3 Å². The molecule has 1 saturated heterocycles. The average molecular weight is 242 g/mol. The lowest BCUT2D eigenvalue weighted by Crippen LogP contribution is -2.48. The van der Waals surface area contributed by atoms with E-state index in [4.69, 9.17) is 10.5 Å². The first-order valence-electron chi connectivity index (χ1n) is 5.63. The maximum atomic E-state index is 5.81. The summed E-state index contributed by atoms with van der Waals surface area (Å²) in [6.07, 6.45) is 1.38. The van der Waals surface area contributed by atoms with Crippen LogP contribution in [0.25, 0.3) is 0 Å². The number of hydrogen-bond acceptors (Lipinski definition) is 6. The molecule has 1 fully saturated rings. The van der Waals surface area contributed by atoms with Crippen molar-refractivity contribution in [2.75, 3.05) is 18.9 Å². The predicted molar refractivity (Wildman–Crippen MR) is 64.2 cm³/mol. The molecule has 2 heterocycles. The van der Waals surface area contributed by atoms with Crippen LogP contribution in [0.4, 0.5) is 5.00 Å². The quantitative estimate of drug-likeness (QED) is 0.860. The van der Waals surface area contributed by atoms with Crippen LogP contribution in [0.3, 0.4) is 0 Å². The van der Waals surface area contributed by atoms with Crippen molar-refractivity contribution in [2.45, 2.75) is 39.0 Å². The van der Waals surface area contributed by atoms with Gasteiger partial charge in [-0.1, -0.05) is 11.4 Å². The van der Waals surface area contributed by atoms with Crippen molar-refractivity contribution in [3.05, 3.63) is 5.69 Å². The molecule has 0 spiro atoms. The van der Waals surface area contributed by atoms with Gasteiger partial charge in [0.2, 0.25) is 0 Å². The van der Waals surface area contributed by atoms with Crippen LogP contribution in [-0.2, 0) is 11.3 Å². The monoisotopic (exact) mass is 242 g/mol. The summed E-state index contributed by atoms with van der Waals surface area (Å²) >= 11 is 1.26. The molecule has 1 aromatic rings. The number of anilines is 1. The molecule has 6 heteroatoms. The van der Waals surface area contributed by atoms with Gasteiger partial charge in [-0.05, 0) is 13.3 Å². The van der Waals surface area contributed by atoms with E-state index in [9.17, 15) is 0 Å². The topological polar surface area (TPSA) is 64.3 Å². The second-order valence-corrected chi connectivity index (χ2v) is 5.01. The van der Waals surface area contributed by atoms with Crippen LogP contribution in [0.5, 0.6) is 0 Å². The van der Waals surface area contributed by atoms with E-state index < -0.39 is 0 Å². The molecule has 5 nitrogen and oxygen atoms in total. The van der Waals surface area contributed by atoms with E-state index in [1.807, 2.05) is 0 Å². The predicted octanol–water partition coefficient (Wildman–Crippen LogP) is 1.12. The lowest BCUT2D eigenvalue weighted by atomic mass is 10.1. The van der Waals surface area contributed by atoms with Gasteiger partial charge in [-0.25, -0.2) is 0 Å². The Bertz CT molecular complexity index is 343. The summed E-state index contributed by atoms with van der Waals surface area (Å²) in [7, 11) is 0. The van der Waals surface area contributed by atoms with Crippen molar-refractivity contribution in [1.29, 1.82) is 0 Å². The third kappa shape index (κ3) is 2.50. The maximum absolute atomic E-state index is 5.81. The molecule has 1 aliphatic heterocycles. The number of nitrogens with zero attached hydrogens (tertiary/aromatic N) is 3. The summed E-state index contributed by atoms with van der Waals surface area (Å²) in [6.45, 7) is 6.81. The Hall–Kier alpha value is -0.720. The van der Waals surface area contributed by atoms with Crippen LogP contribution >= 0.6 is 11.5 Å². The fourth-order valence-electron chi connectivity index (χ4n) is 2.00. The fourth-order valence-corrected chi connectivity index (χ4v) is 2.44. The molecule has 0 aliphatic carbocycles. The summed E-state index contributed by atoms with van der Waals surface area (Å²) in [4.78, 5) is 2.39. The van der Waals surface area contributed by atoms with Crippen molar-refractivity contribution < 1.29 is 4.74 Å². The summed E-state index contributed by atoms with van der Waals surface area (Å²) in [5, 5.41) is 4.80. The van der Waals surface area contributed by atoms with E-state index in [0.29, 0.717) is 6.04 Å². The number of morpholine rings is 1. The van der Waals surface area contributed by atoms with E-state index in [-0.39, 0.29) is 6.10 Å². The molecule has 0 aromatic carbocycles. The van der Waals surface area contributed by atoms with Crippen molar-refractivity contribution in [1.82, 2.24) is 14.5 Å². The third-order valence-corrected chi connectivity index (χ3v) is 3.59. The Morgan fingerprint density at radius 1 is 1.62 bits per heavy atom. The summed E-state index contributed by atoms with van der Waals surface area (Å²) < 4.78 is 9.52. The first kappa shape index (κ1) is 11.8. The first-order chi connectivity index (χ1) is 7.70. The van der Waals surface area contributed by atoms with Crippen LogP contribution in [0.15, 0.2) is 0 Å². The van der Waals surface area contributed by atoms with Gasteiger partial charge >= 0.3 is 0 Å². The molecule has 2 atom stereocenters. The minimum Gasteiger partial charge on any atom is -0.388 e. The van der Waals surface area contributed by atoms with Gasteiger partial charge in [-0.2, -0.15) is 0 Å². The van der Waals surface area contributed by atoms with Crippen LogP contribution in [0.1, 0.15) is 26.0 Å². The third-order valence-electron chi connectivity index (χ3n) is 2.99. The number of rotatable bonds is 3. The van der Waals surface area contributed by atoms with Gasteiger partial charge in [-0.15, -0.1) is 5.10 Å². The van der Waals surface area contributed by atoms with Crippen molar-refractivity contribution in [3.63, 3.8) is 0 Å².